The predicted molar refractivity (Wildman–Crippen MR) is 79.1 cm³/mol. The quantitative estimate of drug-likeness (QED) is 0.894. The molecule has 0 aliphatic carbocycles. The van der Waals surface area contributed by atoms with E-state index in [-0.39, 0.29) is 22.7 Å². The summed E-state index contributed by atoms with van der Waals surface area (Å²) in [4.78, 5) is 3.88. The Morgan fingerprint density at radius 1 is 1.42 bits per heavy atom. The van der Waals surface area contributed by atoms with Crippen LogP contribution in [0.5, 0.6) is 0 Å². The monoisotopic (exact) mass is 327 g/mol. The number of halogens is 2. The van der Waals surface area contributed by atoms with E-state index in [4.69, 9.17) is 17.3 Å². The fourth-order valence-corrected chi connectivity index (χ4v) is 3.05. The molecule has 0 aromatic carbocycles. The third-order valence-corrected chi connectivity index (χ3v) is 4.57. The lowest BCUT2D eigenvalue weighted by Crippen LogP contribution is -2.39. The molecule has 8 heteroatoms. The molecule has 0 radical (unpaired) electrons. The van der Waals surface area contributed by atoms with Gasteiger partial charge in [-0.3, -0.25) is 4.98 Å². The van der Waals surface area contributed by atoms with Crippen molar-refractivity contribution in [1.29, 1.82) is 0 Å². The summed E-state index contributed by atoms with van der Waals surface area (Å²) in [5.41, 5.74) is 5.32. The van der Waals surface area contributed by atoms with Crippen molar-refractivity contribution < 1.29 is 8.42 Å². The zero-order valence-corrected chi connectivity index (χ0v) is 13.5. The lowest BCUT2D eigenvalue weighted by Gasteiger charge is -2.28. The standard InChI is InChI=1S/C11H18ClN3O2S.ClH/c1-11(2,7-13)8-15(3)18(16,17)10-4-9(12)5-14-6-10;/h4-6H,7-8,13H2,1-3H3;1H. The van der Waals surface area contributed by atoms with Crippen molar-refractivity contribution in [2.24, 2.45) is 11.1 Å². The summed E-state index contributed by atoms with van der Waals surface area (Å²) in [6, 6.07) is 1.38. The van der Waals surface area contributed by atoms with Gasteiger partial charge < -0.3 is 5.73 Å². The van der Waals surface area contributed by atoms with Crippen LogP contribution in [0.3, 0.4) is 0 Å². The maximum atomic E-state index is 12.3. The molecule has 0 saturated carbocycles. The van der Waals surface area contributed by atoms with Gasteiger partial charge in [-0.2, -0.15) is 0 Å². The average molecular weight is 328 g/mol. The van der Waals surface area contributed by atoms with E-state index in [0.29, 0.717) is 18.1 Å². The first-order valence-electron chi connectivity index (χ1n) is 5.46. The van der Waals surface area contributed by atoms with Crippen molar-refractivity contribution in [2.75, 3.05) is 20.1 Å². The smallest absolute Gasteiger partial charge is 0.244 e. The molecule has 2 N–H and O–H groups in total. The number of hydrogen-bond donors (Lipinski definition) is 1. The highest BCUT2D eigenvalue weighted by molar-refractivity contribution is 7.89. The number of rotatable bonds is 5. The minimum absolute atomic E-state index is 0. The van der Waals surface area contributed by atoms with Gasteiger partial charge in [0.1, 0.15) is 4.90 Å². The van der Waals surface area contributed by atoms with E-state index in [1.54, 1.807) is 0 Å². The van der Waals surface area contributed by atoms with Crippen LogP contribution in [0.25, 0.3) is 0 Å². The zero-order valence-electron chi connectivity index (χ0n) is 11.1. The highest BCUT2D eigenvalue weighted by atomic mass is 35.5. The van der Waals surface area contributed by atoms with E-state index < -0.39 is 10.0 Å². The molecule has 1 aromatic heterocycles. The van der Waals surface area contributed by atoms with E-state index in [1.165, 1.54) is 29.8 Å². The highest BCUT2D eigenvalue weighted by Gasteiger charge is 2.27. The zero-order chi connectivity index (χ0) is 14.0. The summed E-state index contributed by atoms with van der Waals surface area (Å²) in [5.74, 6) is 0. The molecule has 0 aliphatic rings. The molecule has 0 amide bonds. The van der Waals surface area contributed by atoms with Gasteiger partial charge in [0.15, 0.2) is 0 Å². The summed E-state index contributed by atoms with van der Waals surface area (Å²) >= 11 is 5.75. The molecule has 0 aliphatic heterocycles. The molecule has 0 fully saturated rings. The second-order valence-electron chi connectivity index (χ2n) is 4.97. The van der Waals surface area contributed by atoms with Crippen LogP contribution in [-0.2, 0) is 10.0 Å². The van der Waals surface area contributed by atoms with Crippen molar-refractivity contribution in [1.82, 2.24) is 9.29 Å². The van der Waals surface area contributed by atoms with Gasteiger partial charge in [0.2, 0.25) is 10.0 Å². The number of nitrogens with zero attached hydrogens (tertiary/aromatic N) is 2. The Morgan fingerprint density at radius 2 is 2.00 bits per heavy atom. The molecule has 0 atom stereocenters. The third-order valence-electron chi connectivity index (χ3n) is 2.59. The number of aromatic nitrogens is 1. The first kappa shape index (κ1) is 18.6. The van der Waals surface area contributed by atoms with Crippen molar-refractivity contribution >= 4 is 34.0 Å². The predicted octanol–water partition coefficient (Wildman–Crippen LogP) is 1.76. The van der Waals surface area contributed by atoms with Gasteiger partial charge in [0.05, 0.1) is 5.02 Å². The number of nitrogens with two attached hydrogens (primary N) is 1. The molecule has 19 heavy (non-hydrogen) atoms. The van der Waals surface area contributed by atoms with Crippen LogP contribution in [0.1, 0.15) is 13.8 Å². The Morgan fingerprint density at radius 3 is 2.47 bits per heavy atom. The normalized spacial score (nSPS) is 12.3. The van der Waals surface area contributed by atoms with Crippen LogP contribution >= 0.6 is 24.0 Å². The highest BCUT2D eigenvalue weighted by Crippen LogP contribution is 2.21. The summed E-state index contributed by atoms with van der Waals surface area (Å²) in [6.07, 6.45) is 2.68. The van der Waals surface area contributed by atoms with Gasteiger partial charge in [-0.05, 0) is 18.0 Å². The van der Waals surface area contributed by atoms with Gasteiger partial charge in [-0.1, -0.05) is 25.4 Å². The maximum Gasteiger partial charge on any atom is 0.244 e. The summed E-state index contributed by atoms with van der Waals surface area (Å²) in [5, 5.41) is 0.294. The van der Waals surface area contributed by atoms with E-state index in [1.807, 2.05) is 13.8 Å². The average Bonchev–Trinajstić information content (AvgIpc) is 2.28. The molecule has 1 aromatic rings. The Kier molecular flexibility index (Phi) is 6.71. The van der Waals surface area contributed by atoms with Gasteiger partial charge >= 0.3 is 0 Å². The van der Waals surface area contributed by atoms with Crippen LogP contribution in [0.15, 0.2) is 23.4 Å². The topological polar surface area (TPSA) is 76.3 Å². The lowest BCUT2D eigenvalue weighted by atomic mass is 9.94. The Labute approximate surface area is 125 Å². The minimum atomic E-state index is -3.57. The SMILES string of the molecule is CN(CC(C)(C)CN)S(=O)(=O)c1cncc(Cl)c1.Cl. The molecular formula is C11H19Cl2N3O2S. The molecule has 0 spiro atoms. The van der Waals surface area contributed by atoms with E-state index >= 15 is 0 Å². The molecule has 0 bridgehead atoms. The number of hydrogen-bond acceptors (Lipinski definition) is 4. The summed E-state index contributed by atoms with van der Waals surface area (Å²) in [7, 11) is -2.05. The maximum absolute atomic E-state index is 12.3. The van der Waals surface area contributed by atoms with Crippen LogP contribution in [0, 0.1) is 5.41 Å². The first-order valence-corrected chi connectivity index (χ1v) is 7.28. The minimum Gasteiger partial charge on any atom is -0.330 e. The van der Waals surface area contributed by atoms with Crippen LogP contribution < -0.4 is 5.73 Å². The van der Waals surface area contributed by atoms with Crippen molar-refractivity contribution in [2.45, 2.75) is 18.7 Å². The first-order chi connectivity index (χ1) is 8.19. The number of sulfonamides is 1. The molecule has 1 rings (SSSR count). The van der Waals surface area contributed by atoms with Gasteiger partial charge in [-0.25, -0.2) is 12.7 Å². The number of pyridine rings is 1. The van der Waals surface area contributed by atoms with Crippen molar-refractivity contribution in [3.05, 3.63) is 23.5 Å². The van der Waals surface area contributed by atoms with Crippen molar-refractivity contribution in [3.8, 4) is 0 Å². The van der Waals surface area contributed by atoms with Gasteiger partial charge in [0, 0.05) is 26.0 Å². The molecule has 110 valence electrons. The molecule has 1 heterocycles. The van der Waals surface area contributed by atoms with E-state index in [2.05, 4.69) is 4.98 Å². The van der Waals surface area contributed by atoms with Gasteiger partial charge in [-0.15, -0.1) is 12.4 Å². The lowest BCUT2D eigenvalue weighted by molar-refractivity contribution is 0.292. The molecule has 0 unspecified atom stereocenters. The van der Waals surface area contributed by atoms with Crippen LogP contribution in [-0.4, -0.2) is 37.8 Å². The Bertz CT molecular complexity index is 520. The van der Waals surface area contributed by atoms with E-state index in [9.17, 15) is 8.42 Å². The molecular weight excluding hydrogens is 309 g/mol. The fourth-order valence-electron chi connectivity index (χ4n) is 1.47. The Hall–Kier alpha value is -0.400. The van der Waals surface area contributed by atoms with Crippen molar-refractivity contribution in [3.63, 3.8) is 0 Å². The summed E-state index contributed by atoms with van der Waals surface area (Å²) in [6.45, 7) is 4.56. The second-order valence-corrected chi connectivity index (χ2v) is 7.45. The van der Waals surface area contributed by atoms with Crippen LogP contribution in [0.4, 0.5) is 0 Å². The Balaban J connectivity index is 0.00000324. The van der Waals surface area contributed by atoms with Gasteiger partial charge in [0.25, 0.3) is 0 Å². The fraction of sp³-hybridized carbons (Fsp3) is 0.545. The second kappa shape index (κ2) is 6.85. The molecule has 0 saturated heterocycles. The summed E-state index contributed by atoms with van der Waals surface area (Å²) < 4.78 is 25.8. The molecule has 5 nitrogen and oxygen atoms in total. The van der Waals surface area contributed by atoms with E-state index in [0.717, 1.165) is 0 Å². The third kappa shape index (κ3) is 4.89. The largest absolute Gasteiger partial charge is 0.330 e. The van der Waals surface area contributed by atoms with Crippen LogP contribution in [0.2, 0.25) is 5.02 Å².